The minimum absolute atomic E-state index is 0.150. The first-order valence-corrected chi connectivity index (χ1v) is 8.18. The predicted octanol–water partition coefficient (Wildman–Crippen LogP) is 2.10. The molecule has 0 spiro atoms. The van der Waals surface area contributed by atoms with Crippen molar-refractivity contribution in [2.45, 2.75) is 49.6 Å². The zero-order valence-corrected chi connectivity index (χ0v) is 12.0. The van der Waals surface area contributed by atoms with Crippen LogP contribution in [0.25, 0.3) is 0 Å². The molecular formula is C11H18ClN3O2S. The third kappa shape index (κ3) is 2.70. The molecule has 1 N–H and O–H groups in total. The highest BCUT2D eigenvalue weighted by Crippen LogP contribution is 2.32. The van der Waals surface area contributed by atoms with Gasteiger partial charge in [0.2, 0.25) is 0 Å². The van der Waals surface area contributed by atoms with E-state index in [2.05, 4.69) is 17.1 Å². The Morgan fingerprint density at radius 2 is 2.28 bits per heavy atom. The van der Waals surface area contributed by atoms with Crippen molar-refractivity contribution < 1.29 is 8.42 Å². The molecule has 0 saturated heterocycles. The van der Waals surface area contributed by atoms with E-state index in [0.717, 1.165) is 25.7 Å². The highest BCUT2D eigenvalue weighted by molar-refractivity contribution is 7.89. The number of halogens is 1. The third-order valence-electron chi connectivity index (χ3n) is 3.07. The summed E-state index contributed by atoms with van der Waals surface area (Å²) in [6.07, 6.45) is 5.23. The normalized spacial score (nSPS) is 16.4. The van der Waals surface area contributed by atoms with Crippen LogP contribution in [0.15, 0.2) is 11.2 Å². The number of nitrogens with zero attached hydrogens (tertiary/aromatic N) is 2. The van der Waals surface area contributed by atoms with Crippen molar-refractivity contribution in [2.24, 2.45) is 0 Å². The molecule has 5 nitrogen and oxygen atoms in total. The predicted molar refractivity (Wildman–Crippen MR) is 70.0 cm³/mol. The van der Waals surface area contributed by atoms with Gasteiger partial charge in [0.25, 0.3) is 10.0 Å². The molecule has 2 rings (SSSR count). The molecule has 1 aliphatic rings. The van der Waals surface area contributed by atoms with Gasteiger partial charge >= 0.3 is 0 Å². The molecule has 18 heavy (non-hydrogen) atoms. The second kappa shape index (κ2) is 5.59. The summed E-state index contributed by atoms with van der Waals surface area (Å²) in [6, 6.07) is 0.160. The maximum absolute atomic E-state index is 12.6. The van der Waals surface area contributed by atoms with Gasteiger partial charge in [0.05, 0.1) is 12.1 Å². The number of sulfonamides is 1. The Morgan fingerprint density at radius 1 is 1.56 bits per heavy atom. The average Bonchev–Trinajstić information content (AvgIpc) is 3.05. The van der Waals surface area contributed by atoms with Crippen LogP contribution in [0, 0.1) is 0 Å². The Balaban J connectivity index is 2.27. The van der Waals surface area contributed by atoms with E-state index in [-0.39, 0.29) is 16.9 Å². The standard InChI is InChI=1S/C11H18ClN3O2S/c1-2-3-6-15(10-4-5-10)18(16,17)11-9(7-12)8-13-14-11/h8,10H,2-7H2,1H3,(H,13,14). The van der Waals surface area contributed by atoms with Gasteiger partial charge in [0, 0.05) is 18.2 Å². The zero-order chi connectivity index (χ0) is 13.2. The maximum atomic E-state index is 12.6. The lowest BCUT2D eigenvalue weighted by Crippen LogP contribution is -2.34. The lowest BCUT2D eigenvalue weighted by atomic mass is 10.3. The van der Waals surface area contributed by atoms with Crippen LogP contribution in [0.3, 0.4) is 0 Å². The average molecular weight is 292 g/mol. The second-order valence-corrected chi connectivity index (χ2v) is 6.65. The van der Waals surface area contributed by atoms with Gasteiger partial charge < -0.3 is 0 Å². The molecular weight excluding hydrogens is 274 g/mol. The number of hydrogen-bond donors (Lipinski definition) is 1. The van der Waals surface area contributed by atoms with Gasteiger partial charge in [-0.25, -0.2) is 8.42 Å². The molecule has 0 amide bonds. The fourth-order valence-electron chi connectivity index (χ4n) is 1.91. The molecule has 1 aliphatic carbocycles. The van der Waals surface area contributed by atoms with Crippen LogP contribution < -0.4 is 0 Å². The van der Waals surface area contributed by atoms with Gasteiger partial charge in [-0.2, -0.15) is 9.40 Å². The highest BCUT2D eigenvalue weighted by Gasteiger charge is 2.39. The van der Waals surface area contributed by atoms with Gasteiger partial charge in [-0.05, 0) is 19.3 Å². The second-order valence-electron chi connectivity index (χ2n) is 4.56. The Hall–Kier alpha value is -0.590. The zero-order valence-electron chi connectivity index (χ0n) is 10.4. The van der Waals surface area contributed by atoms with Crippen LogP contribution >= 0.6 is 11.6 Å². The van der Waals surface area contributed by atoms with Gasteiger partial charge in [-0.3, -0.25) is 5.10 Å². The van der Waals surface area contributed by atoms with Crippen molar-refractivity contribution in [3.8, 4) is 0 Å². The summed E-state index contributed by atoms with van der Waals surface area (Å²) in [5.74, 6) is 0.150. The molecule has 1 aromatic heterocycles. The molecule has 0 bridgehead atoms. The van der Waals surface area contributed by atoms with Crippen molar-refractivity contribution in [1.82, 2.24) is 14.5 Å². The number of rotatable bonds is 7. The monoisotopic (exact) mass is 291 g/mol. The lowest BCUT2D eigenvalue weighted by molar-refractivity contribution is 0.393. The van der Waals surface area contributed by atoms with E-state index in [1.165, 1.54) is 6.20 Å². The maximum Gasteiger partial charge on any atom is 0.260 e. The molecule has 102 valence electrons. The molecule has 1 aromatic rings. The summed E-state index contributed by atoms with van der Waals surface area (Å²) in [7, 11) is -3.48. The Labute approximate surface area is 113 Å². The van der Waals surface area contributed by atoms with E-state index in [9.17, 15) is 8.42 Å². The fraction of sp³-hybridized carbons (Fsp3) is 0.727. The summed E-state index contributed by atoms with van der Waals surface area (Å²) in [5, 5.41) is 6.51. The minimum atomic E-state index is -3.48. The van der Waals surface area contributed by atoms with Gasteiger partial charge in [-0.1, -0.05) is 13.3 Å². The fourth-order valence-corrected chi connectivity index (χ4v) is 4.02. The Bertz CT molecular complexity index is 496. The van der Waals surface area contributed by atoms with Crippen LogP contribution in [-0.4, -0.2) is 35.5 Å². The molecule has 0 unspecified atom stereocenters. The largest absolute Gasteiger partial charge is 0.266 e. The van der Waals surface area contributed by atoms with Crippen molar-refractivity contribution >= 4 is 21.6 Å². The molecule has 0 aromatic carbocycles. The molecule has 1 heterocycles. The number of hydrogen-bond acceptors (Lipinski definition) is 3. The first-order chi connectivity index (χ1) is 8.61. The van der Waals surface area contributed by atoms with E-state index in [4.69, 9.17) is 11.6 Å². The highest BCUT2D eigenvalue weighted by atomic mass is 35.5. The number of alkyl halides is 1. The molecule has 1 fully saturated rings. The van der Waals surface area contributed by atoms with Crippen LogP contribution in [-0.2, 0) is 15.9 Å². The van der Waals surface area contributed by atoms with Gasteiger partial charge in [0.1, 0.15) is 0 Å². The van der Waals surface area contributed by atoms with Crippen LogP contribution in [0.2, 0.25) is 0 Å². The molecule has 1 saturated carbocycles. The summed E-state index contributed by atoms with van der Waals surface area (Å²) in [6.45, 7) is 2.63. The smallest absolute Gasteiger partial charge is 0.260 e. The number of H-pyrrole nitrogens is 1. The van der Waals surface area contributed by atoms with Crippen LogP contribution in [0.1, 0.15) is 38.2 Å². The van der Waals surface area contributed by atoms with Crippen molar-refractivity contribution in [1.29, 1.82) is 0 Å². The summed E-state index contributed by atoms with van der Waals surface area (Å²) >= 11 is 5.74. The van der Waals surface area contributed by atoms with Crippen LogP contribution in [0.4, 0.5) is 0 Å². The van der Waals surface area contributed by atoms with E-state index in [1.54, 1.807) is 4.31 Å². The summed E-state index contributed by atoms with van der Waals surface area (Å²) < 4.78 is 26.7. The number of aromatic nitrogens is 2. The van der Waals surface area contributed by atoms with Crippen molar-refractivity contribution in [3.63, 3.8) is 0 Å². The number of unbranched alkanes of at least 4 members (excludes halogenated alkanes) is 1. The molecule has 7 heteroatoms. The van der Waals surface area contributed by atoms with E-state index in [0.29, 0.717) is 12.1 Å². The van der Waals surface area contributed by atoms with Crippen LogP contribution in [0.5, 0.6) is 0 Å². The summed E-state index contributed by atoms with van der Waals surface area (Å²) in [5.41, 5.74) is 0.541. The number of aromatic amines is 1. The third-order valence-corrected chi connectivity index (χ3v) is 5.33. The Morgan fingerprint density at radius 3 is 2.83 bits per heavy atom. The quantitative estimate of drug-likeness (QED) is 0.782. The lowest BCUT2D eigenvalue weighted by Gasteiger charge is -2.21. The molecule has 0 atom stereocenters. The molecule has 0 radical (unpaired) electrons. The van der Waals surface area contributed by atoms with E-state index < -0.39 is 10.0 Å². The molecule has 0 aliphatic heterocycles. The van der Waals surface area contributed by atoms with E-state index >= 15 is 0 Å². The Kier molecular flexibility index (Phi) is 4.29. The topological polar surface area (TPSA) is 66.1 Å². The minimum Gasteiger partial charge on any atom is -0.266 e. The SMILES string of the molecule is CCCCN(C1CC1)S(=O)(=O)c1[nH]ncc1CCl. The van der Waals surface area contributed by atoms with Gasteiger partial charge in [-0.15, -0.1) is 11.6 Å². The number of nitrogens with one attached hydrogen (secondary N) is 1. The van der Waals surface area contributed by atoms with Gasteiger partial charge in [0.15, 0.2) is 5.03 Å². The first kappa shape index (κ1) is 13.8. The van der Waals surface area contributed by atoms with E-state index in [1.807, 2.05) is 0 Å². The summed E-state index contributed by atoms with van der Waals surface area (Å²) in [4.78, 5) is 0. The van der Waals surface area contributed by atoms with Crippen molar-refractivity contribution in [3.05, 3.63) is 11.8 Å². The van der Waals surface area contributed by atoms with Crippen molar-refractivity contribution in [2.75, 3.05) is 6.54 Å². The first-order valence-electron chi connectivity index (χ1n) is 6.21.